The van der Waals surface area contributed by atoms with Gasteiger partial charge in [-0.2, -0.15) is 0 Å². The molecule has 2 N–H and O–H groups in total. The summed E-state index contributed by atoms with van der Waals surface area (Å²) >= 11 is 0. The zero-order chi connectivity index (χ0) is 11.8. The minimum Gasteiger partial charge on any atom is -0.329 e. The monoisotopic (exact) mass is 247 g/mol. The molecule has 2 heterocycles. The van der Waals surface area contributed by atoms with Crippen LogP contribution in [0.4, 0.5) is 0 Å². The van der Waals surface area contributed by atoms with E-state index in [0.717, 1.165) is 26.1 Å². The highest BCUT2D eigenvalue weighted by Crippen LogP contribution is 2.20. The normalized spacial score (nSPS) is 36.6. The highest BCUT2D eigenvalue weighted by Gasteiger charge is 2.35. The van der Waals surface area contributed by atoms with E-state index in [1.807, 2.05) is 0 Å². The van der Waals surface area contributed by atoms with Crippen molar-refractivity contribution in [2.75, 3.05) is 44.7 Å². The van der Waals surface area contributed by atoms with Crippen LogP contribution in [-0.2, 0) is 9.84 Å². The fraction of sp³-hybridized carbons (Fsp3) is 1.00. The van der Waals surface area contributed by atoms with E-state index in [-0.39, 0.29) is 6.04 Å². The molecule has 0 aromatic carbocycles. The van der Waals surface area contributed by atoms with Crippen molar-refractivity contribution in [1.82, 2.24) is 9.80 Å². The van der Waals surface area contributed by atoms with Gasteiger partial charge < -0.3 is 5.73 Å². The second-order valence-electron chi connectivity index (χ2n) is 4.92. The van der Waals surface area contributed by atoms with Gasteiger partial charge in [-0.25, -0.2) is 8.42 Å². The van der Waals surface area contributed by atoms with Crippen LogP contribution >= 0.6 is 0 Å². The molecule has 6 heteroatoms. The van der Waals surface area contributed by atoms with Crippen LogP contribution in [0.15, 0.2) is 0 Å². The van der Waals surface area contributed by atoms with E-state index in [4.69, 9.17) is 5.73 Å². The summed E-state index contributed by atoms with van der Waals surface area (Å²) in [5.41, 5.74) is 5.72. The van der Waals surface area contributed by atoms with Gasteiger partial charge in [0.1, 0.15) is 0 Å². The molecule has 2 unspecified atom stereocenters. The Morgan fingerprint density at radius 3 is 2.69 bits per heavy atom. The van der Waals surface area contributed by atoms with Crippen molar-refractivity contribution in [1.29, 1.82) is 0 Å². The number of rotatable bonds is 2. The number of nitrogens with two attached hydrogens (primary N) is 1. The van der Waals surface area contributed by atoms with Gasteiger partial charge in [-0.3, -0.25) is 9.80 Å². The Labute approximate surface area is 97.5 Å². The van der Waals surface area contributed by atoms with Crippen molar-refractivity contribution in [2.45, 2.75) is 18.5 Å². The van der Waals surface area contributed by atoms with Gasteiger partial charge in [0, 0.05) is 38.3 Å². The summed E-state index contributed by atoms with van der Waals surface area (Å²) in [4.78, 5) is 4.57. The maximum absolute atomic E-state index is 11.4. The number of piperazine rings is 1. The molecule has 2 rings (SSSR count). The first-order valence-electron chi connectivity index (χ1n) is 5.86. The van der Waals surface area contributed by atoms with E-state index in [0.29, 0.717) is 24.1 Å². The third kappa shape index (κ3) is 2.56. The highest BCUT2D eigenvalue weighted by molar-refractivity contribution is 7.91. The molecule has 0 aromatic rings. The Morgan fingerprint density at radius 1 is 1.38 bits per heavy atom. The molecule has 2 aliphatic heterocycles. The summed E-state index contributed by atoms with van der Waals surface area (Å²) in [6, 6.07) is 0.602. The molecule has 0 amide bonds. The van der Waals surface area contributed by atoms with Crippen molar-refractivity contribution in [3.63, 3.8) is 0 Å². The minimum absolute atomic E-state index is 0.229. The van der Waals surface area contributed by atoms with E-state index >= 15 is 0 Å². The Bertz CT molecular complexity index is 344. The van der Waals surface area contributed by atoms with Gasteiger partial charge in [0.15, 0.2) is 9.84 Å². The molecule has 0 spiro atoms. The Kier molecular flexibility index (Phi) is 3.53. The number of hydrogen-bond donors (Lipinski definition) is 1. The Morgan fingerprint density at radius 2 is 2.12 bits per heavy atom. The fourth-order valence-corrected chi connectivity index (χ4v) is 4.38. The summed E-state index contributed by atoms with van der Waals surface area (Å²) in [5, 5.41) is 0. The summed E-state index contributed by atoms with van der Waals surface area (Å²) in [7, 11) is -0.685. The quantitative estimate of drug-likeness (QED) is 0.660. The van der Waals surface area contributed by atoms with E-state index in [1.165, 1.54) is 0 Å². The lowest BCUT2D eigenvalue weighted by atomic mass is 10.1. The summed E-state index contributed by atoms with van der Waals surface area (Å²) in [5.74, 6) is 0.700. The molecule has 2 fully saturated rings. The summed E-state index contributed by atoms with van der Waals surface area (Å²) in [6.45, 7) is 3.51. The zero-order valence-electron chi connectivity index (χ0n) is 9.80. The maximum atomic E-state index is 11.4. The lowest BCUT2D eigenvalue weighted by Gasteiger charge is -2.41. The van der Waals surface area contributed by atoms with Crippen LogP contribution in [0.3, 0.4) is 0 Å². The van der Waals surface area contributed by atoms with Crippen LogP contribution in [0.1, 0.15) is 6.42 Å². The molecule has 0 aromatic heterocycles. The van der Waals surface area contributed by atoms with E-state index < -0.39 is 9.84 Å². The van der Waals surface area contributed by atoms with E-state index in [2.05, 4.69) is 16.8 Å². The van der Waals surface area contributed by atoms with Gasteiger partial charge in [0.2, 0.25) is 0 Å². The van der Waals surface area contributed by atoms with Gasteiger partial charge >= 0.3 is 0 Å². The first-order valence-corrected chi connectivity index (χ1v) is 7.69. The number of sulfone groups is 1. The SMILES string of the molecule is CN1CCN(C2CCS(=O)(=O)C2)CC1CN. The topological polar surface area (TPSA) is 66.6 Å². The van der Waals surface area contributed by atoms with Crippen molar-refractivity contribution >= 4 is 9.84 Å². The molecule has 0 bridgehead atoms. The van der Waals surface area contributed by atoms with Crippen molar-refractivity contribution < 1.29 is 8.42 Å². The molecule has 2 atom stereocenters. The molecule has 94 valence electrons. The molecule has 5 nitrogen and oxygen atoms in total. The molecule has 16 heavy (non-hydrogen) atoms. The molecule has 0 saturated carbocycles. The third-order valence-electron chi connectivity index (χ3n) is 3.81. The van der Waals surface area contributed by atoms with Crippen molar-refractivity contribution in [3.8, 4) is 0 Å². The smallest absolute Gasteiger partial charge is 0.151 e. The largest absolute Gasteiger partial charge is 0.329 e. The second kappa shape index (κ2) is 4.60. The molecule has 0 aliphatic carbocycles. The summed E-state index contributed by atoms with van der Waals surface area (Å²) < 4.78 is 22.9. The van der Waals surface area contributed by atoms with E-state index in [9.17, 15) is 8.42 Å². The van der Waals surface area contributed by atoms with Gasteiger partial charge in [-0.15, -0.1) is 0 Å². The van der Waals surface area contributed by atoms with Crippen LogP contribution < -0.4 is 5.73 Å². The Hall–Kier alpha value is -0.170. The molecular formula is C10H21N3O2S. The standard InChI is InChI=1S/C10H21N3O2S/c1-12-3-4-13(7-10(12)6-11)9-2-5-16(14,15)8-9/h9-10H,2-8,11H2,1H3. The lowest BCUT2D eigenvalue weighted by molar-refractivity contribution is 0.0752. The minimum atomic E-state index is -2.77. The van der Waals surface area contributed by atoms with Gasteiger partial charge in [0.25, 0.3) is 0 Å². The van der Waals surface area contributed by atoms with Crippen LogP contribution in [-0.4, -0.2) is 75.0 Å². The molecular weight excluding hydrogens is 226 g/mol. The van der Waals surface area contributed by atoms with Crippen LogP contribution in [0.2, 0.25) is 0 Å². The third-order valence-corrected chi connectivity index (χ3v) is 5.56. The average molecular weight is 247 g/mol. The first kappa shape index (κ1) is 12.3. The molecule has 2 saturated heterocycles. The predicted octanol–water partition coefficient (Wildman–Crippen LogP) is -1.25. The highest BCUT2D eigenvalue weighted by atomic mass is 32.2. The Balaban J connectivity index is 1.96. The van der Waals surface area contributed by atoms with Gasteiger partial charge in [0.05, 0.1) is 11.5 Å². The van der Waals surface area contributed by atoms with Gasteiger partial charge in [-0.1, -0.05) is 0 Å². The number of hydrogen-bond acceptors (Lipinski definition) is 5. The molecule has 2 aliphatic rings. The second-order valence-corrected chi connectivity index (χ2v) is 7.15. The summed E-state index contributed by atoms with van der Waals surface area (Å²) in [6.07, 6.45) is 0.795. The average Bonchev–Trinajstić information content (AvgIpc) is 2.59. The number of likely N-dealkylation sites (N-methyl/N-ethyl adjacent to an activating group) is 1. The van der Waals surface area contributed by atoms with E-state index in [1.54, 1.807) is 0 Å². The lowest BCUT2D eigenvalue weighted by Crippen LogP contribution is -2.57. The first-order chi connectivity index (χ1) is 7.52. The van der Waals surface area contributed by atoms with Crippen molar-refractivity contribution in [2.24, 2.45) is 5.73 Å². The van der Waals surface area contributed by atoms with Crippen LogP contribution in [0.5, 0.6) is 0 Å². The maximum Gasteiger partial charge on any atom is 0.151 e. The van der Waals surface area contributed by atoms with Crippen LogP contribution in [0.25, 0.3) is 0 Å². The van der Waals surface area contributed by atoms with Gasteiger partial charge in [-0.05, 0) is 13.5 Å². The predicted molar refractivity (Wildman–Crippen MR) is 64.1 cm³/mol. The number of nitrogens with zero attached hydrogens (tertiary/aromatic N) is 2. The fourth-order valence-electron chi connectivity index (χ4n) is 2.62. The van der Waals surface area contributed by atoms with Crippen LogP contribution in [0, 0.1) is 0 Å². The molecule has 0 radical (unpaired) electrons. The van der Waals surface area contributed by atoms with Crippen molar-refractivity contribution in [3.05, 3.63) is 0 Å². The zero-order valence-corrected chi connectivity index (χ0v) is 10.6.